The number of hydrogen-bond donors (Lipinski definition) is 2. The lowest BCUT2D eigenvalue weighted by molar-refractivity contribution is 0.0938. The molecule has 0 spiro atoms. The molecule has 1 saturated carbocycles. The molecule has 10 nitrogen and oxygen atoms in total. The number of nitrogens with zero attached hydrogens (tertiary/aromatic N) is 4. The lowest BCUT2D eigenvalue weighted by atomic mass is 10.2. The Labute approximate surface area is 189 Å². The number of ether oxygens (including phenoxy) is 1. The molecule has 12 heteroatoms. The zero-order chi connectivity index (χ0) is 22.7. The molecule has 3 aromatic heterocycles. The normalized spacial score (nSPS) is 14.6. The van der Waals surface area contributed by atoms with Crippen LogP contribution in [0, 0.1) is 0 Å². The Morgan fingerprint density at radius 3 is 2.84 bits per heavy atom. The van der Waals surface area contributed by atoms with Crippen LogP contribution in [-0.2, 0) is 10.0 Å². The van der Waals surface area contributed by atoms with E-state index in [1.807, 2.05) is 6.92 Å². The van der Waals surface area contributed by atoms with Crippen LogP contribution in [0.1, 0.15) is 48.2 Å². The number of sulfonamides is 1. The molecule has 1 aliphatic carbocycles. The molecular weight excluding hydrogens is 452 g/mol. The lowest BCUT2D eigenvalue weighted by Crippen LogP contribution is -2.27. The van der Waals surface area contributed by atoms with Crippen LogP contribution in [-0.4, -0.2) is 46.1 Å². The minimum atomic E-state index is -3.37. The Morgan fingerprint density at radius 1 is 1.28 bits per heavy atom. The first-order chi connectivity index (χ1) is 15.4. The van der Waals surface area contributed by atoms with Crippen LogP contribution in [0.25, 0.3) is 10.6 Å². The molecule has 0 saturated heterocycles. The third-order valence-corrected chi connectivity index (χ3v) is 7.54. The minimum Gasteiger partial charge on any atom is -0.477 e. The van der Waals surface area contributed by atoms with Gasteiger partial charge in [-0.3, -0.25) is 19.5 Å². The van der Waals surface area contributed by atoms with Crippen LogP contribution in [0.3, 0.4) is 0 Å². The molecule has 0 bridgehead atoms. The molecule has 3 heterocycles. The topological polar surface area (TPSA) is 136 Å². The van der Waals surface area contributed by atoms with Crippen molar-refractivity contribution in [2.75, 3.05) is 11.3 Å². The van der Waals surface area contributed by atoms with E-state index in [2.05, 4.69) is 30.0 Å². The summed E-state index contributed by atoms with van der Waals surface area (Å²) in [6.45, 7) is 4.10. The monoisotopic (exact) mass is 474 g/mol. The average molecular weight is 475 g/mol. The highest BCUT2D eigenvalue weighted by molar-refractivity contribution is 7.93. The van der Waals surface area contributed by atoms with Gasteiger partial charge in [0.25, 0.3) is 5.91 Å². The number of hydrogen-bond acceptors (Lipinski definition) is 9. The van der Waals surface area contributed by atoms with Gasteiger partial charge >= 0.3 is 0 Å². The number of amides is 1. The van der Waals surface area contributed by atoms with E-state index in [1.165, 1.54) is 23.7 Å². The van der Waals surface area contributed by atoms with Gasteiger partial charge in [-0.2, -0.15) is 0 Å². The number of aromatic nitrogens is 4. The Hall–Kier alpha value is -3.12. The highest BCUT2D eigenvalue weighted by Crippen LogP contribution is 2.30. The molecule has 1 aliphatic rings. The van der Waals surface area contributed by atoms with Gasteiger partial charge in [0, 0.05) is 12.4 Å². The van der Waals surface area contributed by atoms with E-state index in [4.69, 9.17) is 4.74 Å². The molecular formula is C20H22N6O4S2. The Bertz CT molecular complexity index is 1230. The largest absolute Gasteiger partial charge is 0.477 e. The van der Waals surface area contributed by atoms with Crippen molar-refractivity contribution in [2.45, 2.75) is 38.0 Å². The molecule has 2 N–H and O–H groups in total. The van der Waals surface area contributed by atoms with Gasteiger partial charge < -0.3 is 10.1 Å². The lowest BCUT2D eigenvalue weighted by Gasteiger charge is -2.14. The van der Waals surface area contributed by atoms with E-state index in [9.17, 15) is 13.2 Å². The molecule has 3 aromatic rings. The maximum atomic E-state index is 12.7. The number of rotatable bonds is 9. The van der Waals surface area contributed by atoms with Crippen molar-refractivity contribution in [3.63, 3.8) is 0 Å². The van der Waals surface area contributed by atoms with Gasteiger partial charge in [-0.1, -0.05) is 0 Å². The number of carbonyl (C=O) groups is 1. The maximum absolute atomic E-state index is 12.7. The number of pyridine rings is 1. The molecule has 4 rings (SSSR count). The van der Waals surface area contributed by atoms with Gasteiger partial charge in [0.1, 0.15) is 5.69 Å². The van der Waals surface area contributed by atoms with Crippen molar-refractivity contribution in [1.29, 1.82) is 0 Å². The summed E-state index contributed by atoms with van der Waals surface area (Å²) < 4.78 is 32.3. The smallest absolute Gasteiger partial charge is 0.280 e. The summed E-state index contributed by atoms with van der Waals surface area (Å²) in [5, 5.41) is 2.78. The summed E-state index contributed by atoms with van der Waals surface area (Å²) in [6.07, 6.45) is 7.53. The van der Waals surface area contributed by atoms with E-state index >= 15 is 0 Å². The minimum absolute atomic E-state index is 0.265. The molecule has 0 aliphatic heterocycles. The van der Waals surface area contributed by atoms with Gasteiger partial charge in [0.2, 0.25) is 15.9 Å². The first kappa shape index (κ1) is 22.1. The first-order valence-corrected chi connectivity index (χ1v) is 12.4. The summed E-state index contributed by atoms with van der Waals surface area (Å²) in [5.41, 5.74) is 1.52. The van der Waals surface area contributed by atoms with Crippen molar-refractivity contribution in [1.82, 2.24) is 25.3 Å². The first-order valence-electron chi connectivity index (χ1n) is 10.0. The number of anilines is 1. The zero-order valence-electron chi connectivity index (χ0n) is 17.5. The van der Waals surface area contributed by atoms with E-state index < -0.39 is 16.1 Å². The van der Waals surface area contributed by atoms with Crippen LogP contribution in [0.4, 0.5) is 5.69 Å². The summed E-state index contributed by atoms with van der Waals surface area (Å²) in [4.78, 5) is 30.3. The predicted octanol–water partition coefficient (Wildman–Crippen LogP) is 2.79. The number of thiazole rings is 1. The fourth-order valence-corrected chi connectivity index (χ4v) is 5.04. The molecule has 0 radical (unpaired) electrons. The van der Waals surface area contributed by atoms with Crippen LogP contribution in [0.2, 0.25) is 0 Å². The van der Waals surface area contributed by atoms with Crippen molar-refractivity contribution >= 4 is 33.0 Å². The summed E-state index contributed by atoms with van der Waals surface area (Å²) in [7, 11) is -3.37. The second-order valence-electron chi connectivity index (χ2n) is 7.22. The summed E-state index contributed by atoms with van der Waals surface area (Å²) >= 11 is 1.19. The van der Waals surface area contributed by atoms with E-state index in [1.54, 1.807) is 31.5 Å². The van der Waals surface area contributed by atoms with Gasteiger partial charge in [-0.15, -0.1) is 11.3 Å². The van der Waals surface area contributed by atoms with Crippen LogP contribution >= 0.6 is 11.3 Å². The molecule has 1 amide bonds. The second-order valence-corrected chi connectivity index (χ2v) is 10.2. The van der Waals surface area contributed by atoms with Crippen LogP contribution in [0.15, 0.2) is 36.9 Å². The maximum Gasteiger partial charge on any atom is 0.280 e. The Balaban J connectivity index is 1.43. The summed E-state index contributed by atoms with van der Waals surface area (Å²) in [6, 6.07) is 2.75. The average Bonchev–Trinajstić information content (AvgIpc) is 3.52. The van der Waals surface area contributed by atoms with Crippen molar-refractivity contribution in [2.24, 2.45) is 0 Å². The van der Waals surface area contributed by atoms with Crippen molar-refractivity contribution in [3.8, 4) is 16.5 Å². The van der Waals surface area contributed by atoms with Gasteiger partial charge in [-0.05, 0) is 38.8 Å². The molecule has 1 fully saturated rings. The number of nitrogens with one attached hydrogen (secondary N) is 2. The molecule has 0 aromatic carbocycles. The third kappa shape index (κ3) is 5.19. The quantitative estimate of drug-likeness (QED) is 0.483. The molecule has 32 heavy (non-hydrogen) atoms. The third-order valence-electron chi connectivity index (χ3n) is 4.65. The Morgan fingerprint density at radius 2 is 2.09 bits per heavy atom. The number of carbonyl (C=O) groups excluding carboxylic acids is 1. The predicted molar refractivity (Wildman–Crippen MR) is 120 cm³/mol. The van der Waals surface area contributed by atoms with Crippen molar-refractivity contribution < 1.29 is 17.9 Å². The molecule has 1 atom stereocenters. The van der Waals surface area contributed by atoms with Crippen molar-refractivity contribution in [3.05, 3.63) is 47.6 Å². The standard InChI is InChI=1S/C20H22N6O4S2/c1-3-30-18-11-21-9-16(25-18)17-10-23-20(31-17)19(27)24-12(2)15-8-13(6-7-22-15)26-32(28,29)14-4-5-14/h6-12,14H,3-5H2,1-2H3,(H,22,26)(H,24,27)/t12-/m1/s1. The zero-order valence-corrected chi connectivity index (χ0v) is 19.1. The fraction of sp³-hybridized carbons (Fsp3) is 0.350. The van der Waals surface area contributed by atoms with E-state index in [0.29, 0.717) is 47.3 Å². The molecule has 168 valence electrons. The summed E-state index contributed by atoms with van der Waals surface area (Å²) in [5.74, 6) is 0.0368. The second kappa shape index (κ2) is 9.17. The molecule has 0 unspecified atom stereocenters. The van der Waals surface area contributed by atoms with E-state index in [-0.39, 0.29) is 16.2 Å². The van der Waals surface area contributed by atoms with Gasteiger partial charge in [0.15, 0.2) is 5.01 Å². The SMILES string of the molecule is CCOc1cncc(-c2cnc(C(=O)N[C@H](C)c3cc(NS(=O)(=O)C4CC4)ccn3)s2)n1. The van der Waals surface area contributed by atoms with Gasteiger partial charge in [-0.25, -0.2) is 18.4 Å². The fourth-order valence-electron chi connectivity index (χ4n) is 2.89. The highest BCUT2D eigenvalue weighted by Gasteiger charge is 2.35. The van der Waals surface area contributed by atoms with Crippen LogP contribution < -0.4 is 14.8 Å². The van der Waals surface area contributed by atoms with Crippen LogP contribution in [0.5, 0.6) is 5.88 Å². The van der Waals surface area contributed by atoms with E-state index in [0.717, 1.165) is 0 Å². The highest BCUT2D eigenvalue weighted by atomic mass is 32.2. The Kier molecular flexibility index (Phi) is 6.33. The van der Waals surface area contributed by atoms with Gasteiger partial charge in [0.05, 0.1) is 46.6 Å².